The van der Waals surface area contributed by atoms with Gasteiger partial charge in [0.2, 0.25) is 0 Å². The second-order valence-corrected chi connectivity index (χ2v) is 4.18. The summed E-state index contributed by atoms with van der Waals surface area (Å²) >= 11 is 1.92. The molecule has 0 aromatic heterocycles. The van der Waals surface area contributed by atoms with Gasteiger partial charge in [-0.3, -0.25) is 0 Å². The highest BCUT2D eigenvalue weighted by Gasteiger charge is 2.24. The van der Waals surface area contributed by atoms with Crippen molar-refractivity contribution in [3.8, 4) is 0 Å². The van der Waals surface area contributed by atoms with Crippen molar-refractivity contribution in [2.75, 3.05) is 12.8 Å². The Balaban J connectivity index is 2.30. The van der Waals surface area contributed by atoms with E-state index < -0.39 is 0 Å². The number of urea groups is 1. The summed E-state index contributed by atoms with van der Waals surface area (Å²) in [5.74, 6) is 1.16. The molecule has 64 valence electrons. The Kier molecular flexibility index (Phi) is 3.05. The summed E-state index contributed by atoms with van der Waals surface area (Å²) in [6.45, 7) is 2.15. The van der Waals surface area contributed by atoms with E-state index >= 15 is 0 Å². The van der Waals surface area contributed by atoms with E-state index in [4.69, 9.17) is 0 Å². The lowest BCUT2D eigenvalue weighted by Crippen LogP contribution is -2.42. The van der Waals surface area contributed by atoms with Crippen LogP contribution in [0.25, 0.3) is 0 Å². The number of thioether (sulfide) groups is 1. The molecule has 0 radical (unpaired) electrons. The average Bonchev–Trinajstić information content (AvgIpc) is 2.37. The number of carbonyl (C=O) groups is 1. The van der Waals surface area contributed by atoms with Gasteiger partial charge in [0.25, 0.3) is 0 Å². The largest absolute Gasteiger partial charge is 0.341 e. The summed E-state index contributed by atoms with van der Waals surface area (Å²) in [5.41, 5.74) is 0. The normalized spacial score (nSPS) is 30.0. The maximum Gasteiger partial charge on any atom is 0.314 e. The van der Waals surface area contributed by atoms with Gasteiger partial charge in [0.05, 0.1) is 0 Å². The van der Waals surface area contributed by atoms with Crippen LogP contribution in [-0.4, -0.2) is 30.1 Å². The van der Waals surface area contributed by atoms with Crippen LogP contribution < -0.4 is 10.6 Å². The van der Waals surface area contributed by atoms with Gasteiger partial charge in [-0.15, -0.1) is 0 Å². The molecule has 11 heavy (non-hydrogen) atoms. The van der Waals surface area contributed by atoms with Gasteiger partial charge in [-0.25, -0.2) is 4.79 Å². The van der Waals surface area contributed by atoms with Gasteiger partial charge in [-0.2, -0.15) is 11.8 Å². The molecular weight excluding hydrogens is 160 g/mol. The third kappa shape index (κ3) is 2.29. The minimum absolute atomic E-state index is 0.0654. The first-order valence-electron chi connectivity index (χ1n) is 3.84. The molecule has 3 nitrogen and oxygen atoms in total. The summed E-state index contributed by atoms with van der Waals surface area (Å²) < 4.78 is 0. The zero-order valence-corrected chi connectivity index (χ0v) is 7.70. The maximum atomic E-state index is 10.9. The Labute approximate surface area is 71.3 Å². The van der Waals surface area contributed by atoms with E-state index in [1.54, 1.807) is 7.05 Å². The lowest BCUT2D eigenvalue weighted by atomic mass is 10.2. The van der Waals surface area contributed by atoms with Crippen molar-refractivity contribution in [2.24, 2.45) is 0 Å². The number of nitrogens with one attached hydrogen (secondary N) is 2. The number of carbonyl (C=O) groups excluding carboxylic acids is 1. The third-order valence-corrected chi connectivity index (χ3v) is 3.25. The molecular formula is C7H14N2OS. The molecule has 4 heteroatoms. The van der Waals surface area contributed by atoms with Crippen molar-refractivity contribution >= 4 is 17.8 Å². The molecule has 1 saturated heterocycles. The van der Waals surface area contributed by atoms with Gasteiger partial charge < -0.3 is 10.6 Å². The highest BCUT2D eigenvalue weighted by Crippen LogP contribution is 2.25. The first-order chi connectivity index (χ1) is 5.24. The van der Waals surface area contributed by atoms with Gasteiger partial charge in [0.15, 0.2) is 0 Å². The zero-order valence-electron chi connectivity index (χ0n) is 6.89. The van der Waals surface area contributed by atoms with Crippen LogP contribution in [0.3, 0.4) is 0 Å². The van der Waals surface area contributed by atoms with Crippen molar-refractivity contribution in [3.63, 3.8) is 0 Å². The Bertz CT molecular complexity index is 151. The lowest BCUT2D eigenvalue weighted by molar-refractivity contribution is 0.239. The summed E-state index contributed by atoms with van der Waals surface area (Å²) in [6, 6.07) is 0.296. The highest BCUT2D eigenvalue weighted by molar-refractivity contribution is 8.00. The molecule has 2 unspecified atom stereocenters. The topological polar surface area (TPSA) is 41.1 Å². The average molecular weight is 174 g/mol. The number of hydrogen-bond donors (Lipinski definition) is 2. The standard InChI is InChI=1S/C7H14N2OS/c1-5-6(3-4-11-5)9-7(10)8-2/h5-6H,3-4H2,1-2H3,(H2,8,9,10). The molecule has 2 atom stereocenters. The molecule has 0 aromatic carbocycles. The molecule has 2 amide bonds. The van der Waals surface area contributed by atoms with E-state index in [1.165, 1.54) is 0 Å². The quantitative estimate of drug-likeness (QED) is 0.617. The van der Waals surface area contributed by atoms with Crippen LogP contribution in [0.2, 0.25) is 0 Å². The minimum Gasteiger partial charge on any atom is -0.341 e. The van der Waals surface area contributed by atoms with E-state index in [9.17, 15) is 4.79 Å². The van der Waals surface area contributed by atoms with Crippen LogP contribution in [0.4, 0.5) is 4.79 Å². The molecule has 0 saturated carbocycles. The first-order valence-corrected chi connectivity index (χ1v) is 4.88. The van der Waals surface area contributed by atoms with Crippen LogP contribution in [0.5, 0.6) is 0 Å². The molecule has 0 bridgehead atoms. The van der Waals surface area contributed by atoms with Crippen molar-refractivity contribution in [3.05, 3.63) is 0 Å². The van der Waals surface area contributed by atoms with Crippen molar-refractivity contribution in [1.82, 2.24) is 10.6 Å². The SMILES string of the molecule is CNC(=O)NC1CCSC1C. The van der Waals surface area contributed by atoms with Crippen LogP contribution in [0.15, 0.2) is 0 Å². The molecule has 0 spiro atoms. The molecule has 1 aliphatic rings. The Morgan fingerprint density at radius 3 is 2.82 bits per heavy atom. The number of rotatable bonds is 1. The minimum atomic E-state index is -0.0654. The van der Waals surface area contributed by atoms with Gasteiger partial charge in [-0.1, -0.05) is 6.92 Å². The monoisotopic (exact) mass is 174 g/mol. The van der Waals surface area contributed by atoms with Gasteiger partial charge >= 0.3 is 6.03 Å². The zero-order chi connectivity index (χ0) is 8.27. The Hall–Kier alpha value is -0.380. The van der Waals surface area contributed by atoms with E-state index in [0.29, 0.717) is 11.3 Å². The fourth-order valence-corrected chi connectivity index (χ4v) is 2.36. The second kappa shape index (κ2) is 3.85. The van der Waals surface area contributed by atoms with Crippen molar-refractivity contribution in [1.29, 1.82) is 0 Å². The Morgan fingerprint density at radius 2 is 2.36 bits per heavy atom. The van der Waals surface area contributed by atoms with E-state index in [0.717, 1.165) is 12.2 Å². The molecule has 2 N–H and O–H groups in total. The van der Waals surface area contributed by atoms with Gasteiger partial charge in [-0.05, 0) is 12.2 Å². The highest BCUT2D eigenvalue weighted by atomic mass is 32.2. The van der Waals surface area contributed by atoms with Crippen LogP contribution in [-0.2, 0) is 0 Å². The molecule has 0 aromatic rings. The number of hydrogen-bond acceptors (Lipinski definition) is 2. The number of amides is 2. The molecule has 0 aliphatic carbocycles. The summed E-state index contributed by atoms with van der Waals surface area (Å²) in [5, 5.41) is 6.02. The Morgan fingerprint density at radius 1 is 1.64 bits per heavy atom. The lowest BCUT2D eigenvalue weighted by Gasteiger charge is -2.15. The fourth-order valence-electron chi connectivity index (χ4n) is 1.16. The van der Waals surface area contributed by atoms with Gasteiger partial charge in [0.1, 0.15) is 0 Å². The van der Waals surface area contributed by atoms with E-state index in [1.807, 2.05) is 11.8 Å². The van der Waals surface area contributed by atoms with E-state index in [2.05, 4.69) is 17.6 Å². The van der Waals surface area contributed by atoms with E-state index in [-0.39, 0.29) is 6.03 Å². The maximum absolute atomic E-state index is 10.9. The molecule has 1 fully saturated rings. The fraction of sp³-hybridized carbons (Fsp3) is 0.857. The van der Waals surface area contributed by atoms with Crippen molar-refractivity contribution < 1.29 is 4.79 Å². The molecule has 1 rings (SSSR count). The predicted molar refractivity (Wildman–Crippen MR) is 47.9 cm³/mol. The summed E-state index contributed by atoms with van der Waals surface area (Å²) in [6.07, 6.45) is 1.10. The smallest absolute Gasteiger partial charge is 0.314 e. The summed E-state index contributed by atoms with van der Waals surface area (Å²) in [7, 11) is 1.64. The second-order valence-electron chi connectivity index (χ2n) is 2.69. The molecule has 1 aliphatic heterocycles. The van der Waals surface area contributed by atoms with Crippen LogP contribution >= 0.6 is 11.8 Å². The van der Waals surface area contributed by atoms with Gasteiger partial charge in [0, 0.05) is 18.3 Å². The first kappa shape index (κ1) is 8.71. The molecule has 1 heterocycles. The van der Waals surface area contributed by atoms with Crippen LogP contribution in [0.1, 0.15) is 13.3 Å². The van der Waals surface area contributed by atoms with Crippen molar-refractivity contribution in [2.45, 2.75) is 24.6 Å². The summed E-state index contributed by atoms with van der Waals surface area (Å²) in [4.78, 5) is 10.9. The third-order valence-electron chi connectivity index (χ3n) is 1.92. The predicted octanol–water partition coefficient (Wildman–Crippen LogP) is 0.809. The van der Waals surface area contributed by atoms with Crippen LogP contribution in [0, 0.1) is 0 Å².